The Hall–Kier alpha value is -4.75. The molecule has 208 valence electrons. The molecule has 0 aliphatic rings. The Morgan fingerprint density at radius 3 is 2.72 bits per heavy atom. The molecule has 0 radical (unpaired) electrons. The second-order valence-corrected chi connectivity index (χ2v) is 9.32. The van der Waals surface area contributed by atoms with E-state index < -0.39 is 23.6 Å². The Kier molecular flexibility index (Phi) is 9.73. The van der Waals surface area contributed by atoms with Crippen molar-refractivity contribution in [3.05, 3.63) is 53.0 Å². The third kappa shape index (κ3) is 8.12. The van der Waals surface area contributed by atoms with Crippen molar-refractivity contribution in [2.75, 3.05) is 26.0 Å². The molecular formula is C25H32N8O6. The lowest BCUT2D eigenvalue weighted by Gasteiger charge is -2.16. The molecule has 0 spiro atoms. The summed E-state index contributed by atoms with van der Waals surface area (Å²) in [7, 11) is 3.20. The first-order chi connectivity index (χ1) is 18.5. The molecule has 3 amide bonds. The van der Waals surface area contributed by atoms with Crippen LogP contribution in [0.1, 0.15) is 32.5 Å². The van der Waals surface area contributed by atoms with E-state index >= 15 is 0 Å². The molecule has 0 bridgehead atoms. The smallest absolute Gasteiger partial charge is 0.405 e. The summed E-state index contributed by atoms with van der Waals surface area (Å²) >= 11 is 0. The Balaban J connectivity index is 1.73. The van der Waals surface area contributed by atoms with Crippen molar-refractivity contribution in [2.24, 2.45) is 5.92 Å². The SMILES string of the molecule is CC(C)COc1ncnc2[nH]c(Cn3cccc(NC(=O)[C@H](CC/C=C/C(=O)N(C)C)NC(=O)O)c3=O)nc12. The van der Waals surface area contributed by atoms with Crippen LogP contribution >= 0.6 is 0 Å². The van der Waals surface area contributed by atoms with Gasteiger partial charge in [0.1, 0.15) is 23.9 Å². The molecule has 39 heavy (non-hydrogen) atoms. The molecule has 3 aromatic heterocycles. The van der Waals surface area contributed by atoms with Crippen LogP contribution in [-0.2, 0) is 16.1 Å². The number of carbonyl (C=O) groups is 3. The molecular weight excluding hydrogens is 508 g/mol. The van der Waals surface area contributed by atoms with E-state index in [1.54, 1.807) is 26.2 Å². The van der Waals surface area contributed by atoms with E-state index in [0.29, 0.717) is 35.4 Å². The van der Waals surface area contributed by atoms with Crippen LogP contribution in [0, 0.1) is 5.92 Å². The maximum Gasteiger partial charge on any atom is 0.405 e. The van der Waals surface area contributed by atoms with Crippen molar-refractivity contribution in [1.82, 2.24) is 34.7 Å². The number of nitrogens with zero attached hydrogens (tertiary/aromatic N) is 5. The van der Waals surface area contributed by atoms with Crippen molar-refractivity contribution in [3.8, 4) is 5.88 Å². The molecule has 1 atom stereocenters. The zero-order valence-electron chi connectivity index (χ0n) is 22.2. The molecule has 0 saturated heterocycles. The van der Waals surface area contributed by atoms with E-state index in [2.05, 4.69) is 30.6 Å². The number of aromatic nitrogens is 5. The topological polar surface area (TPSA) is 184 Å². The Morgan fingerprint density at radius 1 is 1.26 bits per heavy atom. The molecule has 3 heterocycles. The summed E-state index contributed by atoms with van der Waals surface area (Å²) in [5, 5.41) is 13.8. The minimum absolute atomic E-state index is 0.0325. The van der Waals surface area contributed by atoms with Gasteiger partial charge in [-0.15, -0.1) is 0 Å². The van der Waals surface area contributed by atoms with E-state index in [4.69, 9.17) is 9.84 Å². The molecule has 0 fully saturated rings. The number of nitrogens with one attached hydrogen (secondary N) is 3. The molecule has 0 unspecified atom stereocenters. The van der Waals surface area contributed by atoms with Gasteiger partial charge in [0.05, 0.1) is 13.2 Å². The number of allylic oxidation sites excluding steroid dienone is 1. The van der Waals surface area contributed by atoms with Gasteiger partial charge < -0.3 is 34.9 Å². The first-order valence-corrected chi connectivity index (χ1v) is 12.2. The number of H-pyrrole nitrogens is 1. The summed E-state index contributed by atoms with van der Waals surface area (Å²) in [6.45, 7) is 4.53. The Bertz CT molecular complexity index is 1410. The third-order valence-corrected chi connectivity index (χ3v) is 5.39. The van der Waals surface area contributed by atoms with Crippen molar-refractivity contribution in [1.29, 1.82) is 0 Å². The number of rotatable bonds is 12. The number of pyridine rings is 1. The number of carbonyl (C=O) groups excluding carboxylic acids is 2. The number of imidazole rings is 1. The number of ether oxygens (including phenoxy) is 1. The highest BCUT2D eigenvalue weighted by Gasteiger charge is 2.21. The van der Waals surface area contributed by atoms with Crippen LogP contribution in [0.3, 0.4) is 0 Å². The maximum atomic E-state index is 13.1. The van der Waals surface area contributed by atoms with Gasteiger partial charge in [0.2, 0.25) is 17.7 Å². The molecule has 0 aromatic carbocycles. The Morgan fingerprint density at radius 2 is 2.03 bits per heavy atom. The lowest BCUT2D eigenvalue weighted by Crippen LogP contribution is -2.44. The fraction of sp³-hybridized carbons (Fsp3) is 0.400. The quantitative estimate of drug-likeness (QED) is 0.248. The van der Waals surface area contributed by atoms with Crippen LogP contribution in [-0.4, -0.2) is 79.2 Å². The van der Waals surface area contributed by atoms with Crippen molar-refractivity contribution >= 4 is 34.8 Å². The Labute approximate surface area is 224 Å². The summed E-state index contributed by atoms with van der Waals surface area (Å²) in [5.41, 5.74) is 0.351. The number of hydrogen-bond donors (Lipinski definition) is 4. The number of amides is 3. The average Bonchev–Trinajstić information content (AvgIpc) is 3.29. The number of aromatic amines is 1. The number of fused-ring (bicyclic) bond motifs is 1. The van der Waals surface area contributed by atoms with Crippen LogP contribution in [0.5, 0.6) is 5.88 Å². The van der Waals surface area contributed by atoms with Gasteiger partial charge in [0, 0.05) is 20.3 Å². The van der Waals surface area contributed by atoms with Crippen molar-refractivity contribution < 1.29 is 24.2 Å². The molecule has 3 rings (SSSR count). The highest BCUT2D eigenvalue weighted by Crippen LogP contribution is 2.19. The predicted octanol–water partition coefficient (Wildman–Crippen LogP) is 1.60. The molecule has 14 heteroatoms. The van der Waals surface area contributed by atoms with E-state index in [1.165, 1.54) is 34.1 Å². The normalized spacial score (nSPS) is 12.0. The van der Waals surface area contributed by atoms with Gasteiger partial charge in [-0.2, -0.15) is 4.98 Å². The lowest BCUT2D eigenvalue weighted by atomic mass is 10.1. The summed E-state index contributed by atoms with van der Waals surface area (Å²) in [5.74, 6) is 0.116. The fourth-order valence-corrected chi connectivity index (χ4v) is 3.43. The lowest BCUT2D eigenvalue weighted by molar-refractivity contribution is -0.123. The highest BCUT2D eigenvalue weighted by molar-refractivity contribution is 5.96. The van der Waals surface area contributed by atoms with Gasteiger partial charge in [-0.25, -0.2) is 14.8 Å². The average molecular weight is 541 g/mol. The van der Waals surface area contributed by atoms with Gasteiger partial charge in [-0.3, -0.25) is 14.4 Å². The summed E-state index contributed by atoms with van der Waals surface area (Å²) in [6, 6.07) is 1.85. The van der Waals surface area contributed by atoms with Gasteiger partial charge in [0.15, 0.2) is 11.2 Å². The second kappa shape index (κ2) is 13.2. The number of hydrogen-bond acceptors (Lipinski definition) is 8. The first kappa shape index (κ1) is 28.8. The van der Waals surface area contributed by atoms with Crippen molar-refractivity contribution in [2.45, 2.75) is 39.3 Å². The van der Waals surface area contributed by atoms with Gasteiger partial charge in [-0.05, 0) is 37.0 Å². The molecule has 4 N–H and O–H groups in total. The van der Waals surface area contributed by atoms with E-state index in [1.807, 2.05) is 13.8 Å². The monoisotopic (exact) mass is 540 g/mol. The number of anilines is 1. The molecule has 3 aromatic rings. The van der Waals surface area contributed by atoms with Crippen LogP contribution in [0.2, 0.25) is 0 Å². The first-order valence-electron chi connectivity index (χ1n) is 12.2. The van der Waals surface area contributed by atoms with E-state index in [-0.39, 0.29) is 31.0 Å². The minimum Gasteiger partial charge on any atom is -0.476 e. The van der Waals surface area contributed by atoms with Crippen LogP contribution in [0.15, 0.2) is 41.6 Å². The maximum absolute atomic E-state index is 13.1. The number of likely N-dealkylation sites (N-methyl/N-ethyl adjacent to an activating group) is 1. The van der Waals surface area contributed by atoms with Crippen LogP contribution in [0.25, 0.3) is 11.2 Å². The summed E-state index contributed by atoms with van der Waals surface area (Å²) in [6.07, 6.45) is 4.74. The molecule has 14 nitrogen and oxygen atoms in total. The fourth-order valence-electron chi connectivity index (χ4n) is 3.43. The van der Waals surface area contributed by atoms with Crippen molar-refractivity contribution in [3.63, 3.8) is 0 Å². The van der Waals surface area contributed by atoms with Gasteiger partial charge in [-0.1, -0.05) is 19.9 Å². The second-order valence-electron chi connectivity index (χ2n) is 9.32. The summed E-state index contributed by atoms with van der Waals surface area (Å²) < 4.78 is 7.06. The van der Waals surface area contributed by atoms with Gasteiger partial charge in [0.25, 0.3) is 5.56 Å². The standard InChI is InChI=1S/C25H32N8O6/c1-15(2)13-39-23-20-21(26-14-27-23)31-18(30-20)12-33-11-7-9-17(24(33)36)28-22(35)16(29-25(37)38)8-5-6-10-19(34)32(3)4/h6-7,9-11,14-16,29H,5,8,12-13H2,1-4H3,(H,28,35)(H,37,38)(H,26,27,30,31)/b10-6+/t16-/m0/s1. The number of carboxylic acid groups (broad SMARTS) is 1. The van der Waals surface area contributed by atoms with E-state index in [9.17, 15) is 19.2 Å². The van der Waals surface area contributed by atoms with E-state index in [0.717, 1.165) is 0 Å². The zero-order valence-corrected chi connectivity index (χ0v) is 22.2. The molecule has 0 aliphatic carbocycles. The third-order valence-electron chi connectivity index (χ3n) is 5.39. The largest absolute Gasteiger partial charge is 0.476 e. The zero-order chi connectivity index (χ0) is 28.5. The predicted molar refractivity (Wildman–Crippen MR) is 142 cm³/mol. The molecule has 0 aliphatic heterocycles. The molecule has 0 saturated carbocycles. The summed E-state index contributed by atoms with van der Waals surface area (Å²) in [4.78, 5) is 66.0. The van der Waals surface area contributed by atoms with Gasteiger partial charge >= 0.3 is 6.09 Å². The minimum atomic E-state index is -1.39. The van der Waals surface area contributed by atoms with Crippen LogP contribution in [0.4, 0.5) is 10.5 Å². The van der Waals surface area contributed by atoms with Crippen LogP contribution < -0.4 is 20.9 Å². The highest BCUT2D eigenvalue weighted by atomic mass is 16.5.